The fourth-order valence-electron chi connectivity index (χ4n) is 1.73. The number of carboxylic acids is 1. The average molecular weight is 232 g/mol. The third kappa shape index (κ3) is 3.48. The number of aromatic hydroxyl groups is 1. The molecule has 3 nitrogen and oxygen atoms in total. The maximum atomic E-state index is 10.7. The van der Waals surface area contributed by atoms with Crippen molar-refractivity contribution in [3.05, 3.63) is 54.1 Å². The lowest BCUT2D eigenvalue weighted by atomic mass is 9.98. The number of phenolic OH excluding ortho intramolecular Hbond substituents is 1. The summed E-state index contributed by atoms with van der Waals surface area (Å²) in [6, 6.07) is 3.41. The van der Waals surface area contributed by atoms with Crippen molar-refractivity contribution in [1.29, 1.82) is 0 Å². The first-order chi connectivity index (χ1) is 8.08. The monoisotopic (exact) mass is 232 g/mol. The van der Waals surface area contributed by atoms with E-state index in [4.69, 9.17) is 5.11 Å². The predicted molar refractivity (Wildman–Crippen MR) is 67.2 cm³/mol. The molecule has 1 rings (SSSR count). The van der Waals surface area contributed by atoms with E-state index in [1.54, 1.807) is 24.3 Å². The zero-order valence-corrected chi connectivity index (χ0v) is 9.65. The van der Waals surface area contributed by atoms with Crippen LogP contribution in [0.2, 0.25) is 0 Å². The minimum atomic E-state index is -0.884. The van der Waals surface area contributed by atoms with Gasteiger partial charge in [0.15, 0.2) is 0 Å². The second kappa shape index (κ2) is 5.89. The Balaban J connectivity index is 3.19. The number of hydrogen-bond acceptors (Lipinski definition) is 2. The molecule has 0 radical (unpaired) electrons. The largest absolute Gasteiger partial charge is 0.507 e. The van der Waals surface area contributed by atoms with Crippen molar-refractivity contribution in [3.8, 4) is 5.75 Å². The van der Waals surface area contributed by atoms with E-state index in [2.05, 4.69) is 13.2 Å². The van der Waals surface area contributed by atoms with Gasteiger partial charge < -0.3 is 10.2 Å². The van der Waals surface area contributed by atoms with Gasteiger partial charge in [-0.25, -0.2) is 0 Å². The summed E-state index contributed by atoms with van der Waals surface area (Å²) in [4.78, 5) is 10.7. The predicted octanol–water partition coefficient (Wildman–Crippen LogP) is 2.48. The molecule has 0 fully saturated rings. The smallest absolute Gasteiger partial charge is 0.307 e. The van der Waals surface area contributed by atoms with Gasteiger partial charge in [-0.3, -0.25) is 4.79 Å². The van der Waals surface area contributed by atoms with E-state index < -0.39 is 5.97 Å². The number of benzene rings is 1. The Labute approximate surface area is 101 Å². The summed E-state index contributed by atoms with van der Waals surface area (Å²) >= 11 is 0. The van der Waals surface area contributed by atoms with Crippen LogP contribution in [0, 0.1) is 0 Å². The zero-order chi connectivity index (χ0) is 12.8. The molecule has 17 heavy (non-hydrogen) atoms. The molecule has 0 bridgehead atoms. The lowest BCUT2D eigenvalue weighted by Gasteiger charge is -2.10. The van der Waals surface area contributed by atoms with E-state index in [9.17, 15) is 9.90 Å². The normalized spacial score (nSPS) is 9.88. The van der Waals surface area contributed by atoms with Crippen molar-refractivity contribution in [2.24, 2.45) is 0 Å². The van der Waals surface area contributed by atoms with Crippen LogP contribution in [-0.2, 0) is 24.1 Å². The summed E-state index contributed by atoms with van der Waals surface area (Å²) in [5, 5.41) is 18.7. The number of phenols is 1. The van der Waals surface area contributed by atoms with Crippen LogP contribution in [0.3, 0.4) is 0 Å². The van der Waals surface area contributed by atoms with E-state index in [1.165, 1.54) is 0 Å². The zero-order valence-electron chi connectivity index (χ0n) is 9.65. The highest BCUT2D eigenvalue weighted by Gasteiger charge is 2.10. The molecule has 90 valence electrons. The van der Waals surface area contributed by atoms with Crippen LogP contribution in [0.15, 0.2) is 37.4 Å². The third-order valence-electron chi connectivity index (χ3n) is 2.41. The summed E-state index contributed by atoms with van der Waals surface area (Å²) in [7, 11) is 0. The molecule has 3 heteroatoms. The second-order valence-corrected chi connectivity index (χ2v) is 3.82. The highest BCUT2D eigenvalue weighted by molar-refractivity contribution is 5.70. The van der Waals surface area contributed by atoms with Gasteiger partial charge in [-0.05, 0) is 29.5 Å². The van der Waals surface area contributed by atoms with E-state index in [-0.39, 0.29) is 12.2 Å². The van der Waals surface area contributed by atoms with Crippen LogP contribution in [0.1, 0.15) is 16.7 Å². The van der Waals surface area contributed by atoms with Crippen molar-refractivity contribution in [2.45, 2.75) is 19.3 Å². The van der Waals surface area contributed by atoms with Gasteiger partial charge in [0.25, 0.3) is 0 Å². The Bertz CT molecular complexity index is 416. The molecule has 0 aliphatic heterocycles. The summed E-state index contributed by atoms with van der Waals surface area (Å²) < 4.78 is 0. The molecular formula is C14H16O3. The molecule has 0 saturated heterocycles. The maximum Gasteiger partial charge on any atom is 0.307 e. The molecule has 0 amide bonds. The second-order valence-electron chi connectivity index (χ2n) is 3.82. The van der Waals surface area contributed by atoms with Crippen molar-refractivity contribution in [2.75, 3.05) is 0 Å². The quantitative estimate of drug-likeness (QED) is 0.741. The van der Waals surface area contributed by atoms with Gasteiger partial charge in [0.2, 0.25) is 0 Å². The summed E-state index contributed by atoms with van der Waals surface area (Å²) in [5.41, 5.74) is 2.09. The van der Waals surface area contributed by atoms with Crippen LogP contribution >= 0.6 is 0 Å². The summed E-state index contributed by atoms with van der Waals surface area (Å²) in [6.45, 7) is 7.23. The van der Waals surface area contributed by atoms with Crippen LogP contribution in [0.5, 0.6) is 5.75 Å². The van der Waals surface area contributed by atoms with Gasteiger partial charge in [0.1, 0.15) is 5.75 Å². The third-order valence-corrected chi connectivity index (χ3v) is 2.41. The molecule has 2 N–H and O–H groups in total. The van der Waals surface area contributed by atoms with Gasteiger partial charge in [-0.2, -0.15) is 0 Å². The Morgan fingerprint density at radius 2 is 1.65 bits per heavy atom. The number of rotatable bonds is 6. The Morgan fingerprint density at radius 3 is 2.00 bits per heavy atom. The first-order valence-corrected chi connectivity index (χ1v) is 5.35. The van der Waals surface area contributed by atoms with E-state index >= 15 is 0 Å². The minimum Gasteiger partial charge on any atom is -0.507 e. The lowest BCUT2D eigenvalue weighted by molar-refractivity contribution is -0.136. The summed E-state index contributed by atoms with van der Waals surface area (Å²) in [5.74, 6) is -0.677. The molecule has 0 aliphatic carbocycles. The van der Waals surface area contributed by atoms with Crippen molar-refractivity contribution in [3.63, 3.8) is 0 Å². The van der Waals surface area contributed by atoms with E-state index in [1.807, 2.05) is 0 Å². The average Bonchev–Trinajstić information content (AvgIpc) is 2.24. The Morgan fingerprint density at radius 1 is 1.18 bits per heavy atom. The Kier molecular flexibility index (Phi) is 4.52. The van der Waals surface area contributed by atoms with Crippen LogP contribution < -0.4 is 0 Å². The SMILES string of the molecule is C=CCc1cc(CC(=O)O)cc(CC=C)c1O. The summed E-state index contributed by atoms with van der Waals surface area (Å²) in [6.07, 6.45) is 4.34. The molecule has 0 aromatic heterocycles. The van der Waals surface area contributed by atoms with Crippen LogP contribution in [0.4, 0.5) is 0 Å². The van der Waals surface area contributed by atoms with Crippen molar-refractivity contribution in [1.82, 2.24) is 0 Å². The van der Waals surface area contributed by atoms with E-state index in [0.717, 1.165) is 0 Å². The Hall–Kier alpha value is -2.03. The molecule has 0 unspecified atom stereocenters. The molecule has 1 aromatic rings. The van der Waals surface area contributed by atoms with Gasteiger partial charge >= 0.3 is 5.97 Å². The molecular weight excluding hydrogens is 216 g/mol. The topological polar surface area (TPSA) is 57.5 Å². The molecule has 0 spiro atoms. The van der Waals surface area contributed by atoms with Gasteiger partial charge in [0, 0.05) is 0 Å². The van der Waals surface area contributed by atoms with Gasteiger partial charge in [-0.15, -0.1) is 13.2 Å². The fourth-order valence-corrected chi connectivity index (χ4v) is 1.73. The molecule has 0 atom stereocenters. The molecule has 0 aliphatic rings. The van der Waals surface area contributed by atoms with Crippen LogP contribution in [-0.4, -0.2) is 16.2 Å². The molecule has 1 aromatic carbocycles. The van der Waals surface area contributed by atoms with Gasteiger partial charge in [0.05, 0.1) is 6.42 Å². The highest BCUT2D eigenvalue weighted by atomic mass is 16.4. The van der Waals surface area contributed by atoms with Crippen LogP contribution in [0.25, 0.3) is 0 Å². The molecule has 0 saturated carbocycles. The highest BCUT2D eigenvalue weighted by Crippen LogP contribution is 2.26. The van der Waals surface area contributed by atoms with Gasteiger partial charge in [-0.1, -0.05) is 24.3 Å². The van der Waals surface area contributed by atoms with E-state index in [0.29, 0.717) is 29.5 Å². The minimum absolute atomic E-state index is 0.0471. The number of aliphatic carboxylic acids is 1. The number of carboxylic acid groups (broad SMARTS) is 1. The fraction of sp³-hybridized carbons (Fsp3) is 0.214. The first-order valence-electron chi connectivity index (χ1n) is 5.35. The number of allylic oxidation sites excluding steroid dienone is 2. The molecule has 0 heterocycles. The first kappa shape index (κ1) is 13.0. The number of hydrogen-bond donors (Lipinski definition) is 2. The van der Waals surface area contributed by atoms with Crippen molar-refractivity contribution < 1.29 is 15.0 Å². The standard InChI is InChI=1S/C14H16O3/c1-3-5-11-7-10(9-13(15)16)8-12(6-4-2)14(11)17/h3-4,7-8,17H,1-2,5-6,9H2,(H,15,16). The van der Waals surface area contributed by atoms with Crippen molar-refractivity contribution >= 4 is 5.97 Å². The number of carbonyl (C=O) groups is 1. The lowest BCUT2D eigenvalue weighted by Crippen LogP contribution is -2.02. The maximum absolute atomic E-state index is 10.7.